The highest BCUT2D eigenvalue weighted by Crippen LogP contribution is 2.24. The fourth-order valence-corrected chi connectivity index (χ4v) is 5.09. The highest BCUT2D eigenvalue weighted by molar-refractivity contribution is 7.16. The van der Waals surface area contributed by atoms with Crippen molar-refractivity contribution in [3.63, 3.8) is 0 Å². The predicted octanol–water partition coefficient (Wildman–Crippen LogP) is 5.06. The van der Waals surface area contributed by atoms with E-state index in [1.807, 2.05) is 41.3 Å². The van der Waals surface area contributed by atoms with Gasteiger partial charge < -0.3 is 10.6 Å². The van der Waals surface area contributed by atoms with Crippen molar-refractivity contribution in [1.29, 1.82) is 0 Å². The van der Waals surface area contributed by atoms with E-state index in [9.17, 15) is 4.79 Å². The topological polar surface area (TPSA) is 62.5 Å². The fourth-order valence-electron chi connectivity index (χ4n) is 4.09. The number of hydrogen-bond donors (Lipinski definition) is 1. The smallest absolute Gasteiger partial charge is 0.240 e. The van der Waals surface area contributed by atoms with Crippen LogP contribution in [0.3, 0.4) is 0 Å². The van der Waals surface area contributed by atoms with Gasteiger partial charge in [-0.25, -0.2) is 0 Å². The predicted molar refractivity (Wildman–Crippen MR) is 130 cm³/mol. The number of rotatable bonds is 7. The molecular formula is C24H27ClN4OS. The zero-order valence-electron chi connectivity index (χ0n) is 17.6. The minimum Gasteiger partial charge on any atom is -0.398 e. The Bertz CT molecular complexity index is 1100. The van der Waals surface area contributed by atoms with Crippen LogP contribution in [0.4, 0.5) is 5.69 Å². The summed E-state index contributed by atoms with van der Waals surface area (Å²) in [6.07, 6.45) is 7.78. The first-order chi connectivity index (χ1) is 15.0. The summed E-state index contributed by atoms with van der Waals surface area (Å²) in [5.41, 5.74) is 8.71. The van der Waals surface area contributed by atoms with Gasteiger partial charge in [0.15, 0.2) is 0 Å². The lowest BCUT2D eigenvalue weighted by Gasteiger charge is -2.40. The number of nitrogen functional groups attached to an aromatic ring is 1. The molecule has 1 amide bonds. The maximum absolute atomic E-state index is 13.3. The minimum absolute atomic E-state index is 0.0791. The number of halogens is 1. The first-order valence-electron chi connectivity index (χ1n) is 10.6. The Kier molecular flexibility index (Phi) is 6.90. The van der Waals surface area contributed by atoms with E-state index in [4.69, 9.17) is 17.3 Å². The van der Waals surface area contributed by atoms with Crippen LogP contribution in [0, 0.1) is 0 Å². The zero-order valence-corrected chi connectivity index (χ0v) is 19.2. The third-order valence-corrected chi connectivity index (χ3v) is 6.88. The Balaban J connectivity index is 1.44. The molecule has 31 heavy (non-hydrogen) atoms. The number of carbonyl (C=O) groups is 1. The van der Waals surface area contributed by atoms with E-state index in [-0.39, 0.29) is 11.9 Å². The number of thiophene rings is 1. The highest BCUT2D eigenvalue weighted by atomic mass is 35.5. The van der Waals surface area contributed by atoms with Crippen LogP contribution in [0.25, 0.3) is 17.0 Å². The lowest BCUT2D eigenvalue weighted by Crippen LogP contribution is -2.56. The highest BCUT2D eigenvalue weighted by Gasteiger charge is 2.33. The SMILES string of the molecule is CCC[C@H]1C(=O)N(Cc2ccc3c(N)ccnc3c2)CCN1CC=Cc1ccc(Cl)s1. The first kappa shape index (κ1) is 21.8. The molecule has 1 aliphatic heterocycles. The summed E-state index contributed by atoms with van der Waals surface area (Å²) in [5.74, 6) is 0.210. The number of anilines is 1. The quantitative estimate of drug-likeness (QED) is 0.542. The number of fused-ring (bicyclic) bond motifs is 1. The second-order valence-electron chi connectivity index (χ2n) is 7.86. The van der Waals surface area contributed by atoms with Gasteiger partial charge in [0.1, 0.15) is 0 Å². The van der Waals surface area contributed by atoms with Gasteiger partial charge in [-0.1, -0.05) is 43.2 Å². The lowest BCUT2D eigenvalue weighted by molar-refractivity contribution is -0.142. The molecule has 0 saturated carbocycles. The van der Waals surface area contributed by atoms with Gasteiger partial charge in [-0.15, -0.1) is 11.3 Å². The number of hydrogen-bond acceptors (Lipinski definition) is 5. The standard InChI is InChI=1S/C24H27ClN4OS/c1-2-4-22-24(30)29(14-13-28(22)12-3-5-18-7-9-23(25)31-18)16-17-6-8-19-20(26)10-11-27-21(19)15-17/h3,5-11,15,22H,2,4,12-14,16H2,1H3,(H2,26,27)/t22-/m0/s1. The number of nitrogens with two attached hydrogens (primary N) is 1. The summed E-state index contributed by atoms with van der Waals surface area (Å²) in [4.78, 5) is 23.1. The molecule has 2 N–H and O–H groups in total. The zero-order chi connectivity index (χ0) is 21.8. The number of nitrogens with zero attached hydrogens (tertiary/aromatic N) is 3. The minimum atomic E-state index is -0.0791. The second-order valence-corrected chi connectivity index (χ2v) is 9.60. The molecule has 1 saturated heterocycles. The molecule has 2 aromatic heterocycles. The molecule has 0 spiro atoms. The van der Waals surface area contributed by atoms with E-state index in [0.29, 0.717) is 6.54 Å². The molecule has 1 fully saturated rings. The number of piperazine rings is 1. The molecule has 162 valence electrons. The molecule has 1 atom stereocenters. The number of amides is 1. The maximum Gasteiger partial charge on any atom is 0.240 e. The van der Waals surface area contributed by atoms with E-state index >= 15 is 0 Å². The van der Waals surface area contributed by atoms with Gasteiger partial charge in [0, 0.05) is 48.3 Å². The van der Waals surface area contributed by atoms with Crippen LogP contribution in [0.1, 0.15) is 30.2 Å². The third-order valence-electron chi connectivity index (χ3n) is 5.69. The molecule has 7 heteroatoms. The Morgan fingerprint density at radius 3 is 2.90 bits per heavy atom. The van der Waals surface area contributed by atoms with Crippen molar-refractivity contribution in [3.8, 4) is 0 Å². The Morgan fingerprint density at radius 2 is 2.13 bits per heavy atom. The van der Waals surface area contributed by atoms with E-state index in [1.165, 1.54) is 0 Å². The van der Waals surface area contributed by atoms with Crippen molar-refractivity contribution < 1.29 is 4.79 Å². The fraction of sp³-hybridized carbons (Fsp3) is 0.333. The maximum atomic E-state index is 13.3. The molecule has 0 unspecified atom stereocenters. The van der Waals surface area contributed by atoms with Crippen LogP contribution in [0.5, 0.6) is 0 Å². The summed E-state index contributed by atoms with van der Waals surface area (Å²) in [6.45, 7) is 5.08. The van der Waals surface area contributed by atoms with Gasteiger partial charge in [0.2, 0.25) is 5.91 Å². The summed E-state index contributed by atoms with van der Waals surface area (Å²) in [7, 11) is 0. The molecule has 1 aliphatic rings. The van der Waals surface area contributed by atoms with Crippen LogP contribution in [0.2, 0.25) is 4.34 Å². The molecule has 5 nitrogen and oxygen atoms in total. The molecule has 1 aromatic carbocycles. The number of benzene rings is 1. The van der Waals surface area contributed by atoms with Crippen LogP contribution < -0.4 is 5.73 Å². The van der Waals surface area contributed by atoms with Crippen LogP contribution in [-0.2, 0) is 11.3 Å². The van der Waals surface area contributed by atoms with Crippen LogP contribution in [-0.4, -0.2) is 46.4 Å². The van der Waals surface area contributed by atoms with Gasteiger partial charge in [-0.05, 0) is 42.3 Å². The van der Waals surface area contributed by atoms with Crippen molar-refractivity contribution in [1.82, 2.24) is 14.8 Å². The number of carbonyl (C=O) groups excluding carboxylic acids is 1. The summed E-state index contributed by atoms with van der Waals surface area (Å²) in [6, 6.07) is 11.7. The summed E-state index contributed by atoms with van der Waals surface area (Å²) >= 11 is 7.57. The van der Waals surface area contributed by atoms with E-state index in [0.717, 1.165) is 63.8 Å². The lowest BCUT2D eigenvalue weighted by atomic mass is 10.0. The van der Waals surface area contributed by atoms with Gasteiger partial charge in [0.05, 0.1) is 15.9 Å². The molecule has 0 bridgehead atoms. The molecule has 4 rings (SSSR count). The average Bonchev–Trinajstić information content (AvgIpc) is 3.17. The normalized spacial score (nSPS) is 17.8. The van der Waals surface area contributed by atoms with Crippen LogP contribution in [0.15, 0.2) is 48.7 Å². The molecule has 3 aromatic rings. The van der Waals surface area contributed by atoms with Gasteiger partial charge >= 0.3 is 0 Å². The molecule has 0 aliphatic carbocycles. The summed E-state index contributed by atoms with van der Waals surface area (Å²) < 4.78 is 0.791. The van der Waals surface area contributed by atoms with Crippen molar-refractivity contribution >= 4 is 51.5 Å². The largest absolute Gasteiger partial charge is 0.398 e. The monoisotopic (exact) mass is 454 g/mol. The van der Waals surface area contributed by atoms with Gasteiger partial charge in [-0.2, -0.15) is 0 Å². The molecule has 0 radical (unpaired) electrons. The Labute approximate surface area is 192 Å². The van der Waals surface area contributed by atoms with Gasteiger partial charge in [0.25, 0.3) is 0 Å². The second kappa shape index (κ2) is 9.81. The molecule has 3 heterocycles. The van der Waals surface area contributed by atoms with Gasteiger partial charge in [-0.3, -0.25) is 14.7 Å². The Morgan fingerprint density at radius 1 is 1.26 bits per heavy atom. The van der Waals surface area contributed by atoms with Crippen molar-refractivity contribution in [2.24, 2.45) is 0 Å². The summed E-state index contributed by atoms with van der Waals surface area (Å²) in [5, 5.41) is 0.949. The first-order valence-corrected chi connectivity index (χ1v) is 11.8. The van der Waals surface area contributed by atoms with Crippen molar-refractivity contribution in [2.75, 3.05) is 25.4 Å². The van der Waals surface area contributed by atoms with E-state index in [1.54, 1.807) is 17.5 Å². The number of aromatic nitrogens is 1. The van der Waals surface area contributed by atoms with E-state index in [2.05, 4.69) is 29.0 Å². The average molecular weight is 455 g/mol. The van der Waals surface area contributed by atoms with Crippen molar-refractivity contribution in [3.05, 3.63) is 63.4 Å². The van der Waals surface area contributed by atoms with Crippen molar-refractivity contribution in [2.45, 2.75) is 32.4 Å². The molecular weight excluding hydrogens is 428 g/mol. The third kappa shape index (κ3) is 5.09. The van der Waals surface area contributed by atoms with E-state index < -0.39 is 0 Å². The van der Waals surface area contributed by atoms with Crippen LogP contribution >= 0.6 is 22.9 Å². The Hall–Kier alpha value is -2.41. The number of pyridine rings is 1.